The first-order chi connectivity index (χ1) is 12.2. The van der Waals surface area contributed by atoms with Gasteiger partial charge >= 0.3 is 0 Å². The lowest BCUT2D eigenvalue weighted by molar-refractivity contribution is 0.265. The zero-order valence-corrected chi connectivity index (χ0v) is 17.1. The summed E-state index contributed by atoms with van der Waals surface area (Å²) in [5.41, 5.74) is 0.869. The van der Waals surface area contributed by atoms with E-state index >= 15 is 0 Å². The van der Waals surface area contributed by atoms with Gasteiger partial charge in [-0.05, 0) is 24.3 Å². The Morgan fingerprint density at radius 1 is 1.23 bits per heavy atom. The molecule has 6 nitrogen and oxygen atoms in total. The van der Waals surface area contributed by atoms with Gasteiger partial charge in [-0.25, -0.2) is 8.42 Å². The Morgan fingerprint density at radius 2 is 1.88 bits per heavy atom. The maximum Gasteiger partial charge on any atom is 0.191 e. The Balaban J connectivity index is 2.67. The van der Waals surface area contributed by atoms with Crippen LogP contribution in [-0.4, -0.2) is 57.7 Å². The highest BCUT2D eigenvalue weighted by Crippen LogP contribution is 2.21. The number of nitrogens with zero attached hydrogens (tertiary/aromatic N) is 1. The molecule has 0 aliphatic rings. The number of aliphatic imine (C=N–C) groups is 1. The number of guanidine groups is 1. The lowest BCUT2D eigenvalue weighted by Crippen LogP contribution is -2.40. The predicted molar refractivity (Wildman–Crippen MR) is 108 cm³/mol. The van der Waals surface area contributed by atoms with Crippen molar-refractivity contribution in [1.82, 2.24) is 10.6 Å². The lowest BCUT2D eigenvalue weighted by atomic mass is 9.90. The van der Waals surface area contributed by atoms with Gasteiger partial charge in [0.2, 0.25) is 0 Å². The highest BCUT2D eigenvalue weighted by molar-refractivity contribution is 7.90. The molecule has 1 atom stereocenters. The molecule has 0 amide bonds. The topological polar surface area (TPSA) is 90.8 Å². The van der Waals surface area contributed by atoms with E-state index in [0.29, 0.717) is 25.5 Å². The quantitative estimate of drug-likeness (QED) is 0.423. The minimum Gasteiger partial charge on any atom is -0.396 e. The molecule has 0 spiro atoms. The number of hydrogen-bond donors (Lipinski definition) is 3. The van der Waals surface area contributed by atoms with E-state index in [-0.39, 0.29) is 23.7 Å². The number of sulfone groups is 1. The van der Waals surface area contributed by atoms with Gasteiger partial charge in [0, 0.05) is 31.8 Å². The van der Waals surface area contributed by atoms with E-state index in [2.05, 4.69) is 15.6 Å². The fourth-order valence-corrected chi connectivity index (χ4v) is 3.33. The fourth-order valence-electron chi connectivity index (χ4n) is 2.41. The van der Waals surface area contributed by atoms with Crippen LogP contribution in [0.15, 0.2) is 35.3 Å². The molecular weight excluding hydrogens is 350 g/mol. The van der Waals surface area contributed by atoms with E-state index in [1.807, 2.05) is 51.1 Å². The summed E-state index contributed by atoms with van der Waals surface area (Å²) in [4.78, 5) is 4.60. The van der Waals surface area contributed by atoms with E-state index < -0.39 is 9.84 Å². The first-order valence-electron chi connectivity index (χ1n) is 9.02. The maximum atomic E-state index is 11.4. The van der Waals surface area contributed by atoms with Gasteiger partial charge in [0.1, 0.15) is 9.84 Å². The SMILES string of the molecule is CCNC(=NCC(C)(C)CCS(C)(=O)=O)NCC(CO)c1ccccc1. The molecule has 0 bridgehead atoms. The molecule has 0 fully saturated rings. The van der Waals surface area contributed by atoms with Crippen molar-refractivity contribution in [2.45, 2.75) is 33.1 Å². The summed E-state index contributed by atoms with van der Waals surface area (Å²) in [5, 5.41) is 16.1. The molecule has 0 radical (unpaired) electrons. The standard InChI is InChI=1S/C19H33N3O3S/c1-5-20-18(22-15-19(2,3)11-12-26(4,24)25)21-13-17(14-23)16-9-7-6-8-10-16/h6-10,17,23H,5,11-15H2,1-4H3,(H2,20,21,22). The number of aliphatic hydroxyl groups excluding tert-OH is 1. The second-order valence-electron chi connectivity index (χ2n) is 7.41. The molecule has 1 aromatic carbocycles. The minimum absolute atomic E-state index is 0.0155. The van der Waals surface area contributed by atoms with Gasteiger partial charge in [-0.2, -0.15) is 0 Å². The largest absolute Gasteiger partial charge is 0.396 e. The molecule has 1 aromatic rings. The minimum atomic E-state index is -2.97. The number of benzene rings is 1. The van der Waals surface area contributed by atoms with Gasteiger partial charge in [-0.3, -0.25) is 4.99 Å². The van der Waals surface area contributed by atoms with Crippen molar-refractivity contribution in [3.8, 4) is 0 Å². The van der Waals surface area contributed by atoms with Crippen LogP contribution in [0.3, 0.4) is 0 Å². The molecule has 148 valence electrons. The van der Waals surface area contributed by atoms with Crippen molar-refractivity contribution in [1.29, 1.82) is 0 Å². The van der Waals surface area contributed by atoms with E-state index in [1.165, 1.54) is 6.26 Å². The molecule has 0 saturated heterocycles. The van der Waals surface area contributed by atoms with Crippen LogP contribution < -0.4 is 10.6 Å². The van der Waals surface area contributed by atoms with Crippen LogP contribution in [0.5, 0.6) is 0 Å². The molecule has 0 aliphatic carbocycles. The first-order valence-corrected chi connectivity index (χ1v) is 11.1. The van der Waals surface area contributed by atoms with Gasteiger partial charge < -0.3 is 15.7 Å². The zero-order valence-electron chi connectivity index (χ0n) is 16.3. The van der Waals surface area contributed by atoms with Crippen LogP contribution in [0.1, 0.15) is 38.7 Å². The predicted octanol–water partition coefficient (Wildman–Crippen LogP) is 1.78. The zero-order chi connectivity index (χ0) is 19.6. The maximum absolute atomic E-state index is 11.4. The first kappa shape index (κ1) is 22.4. The number of hydrogen-bond acceptors (Lipinski definition) is 4. The summed E-state index contributed by atoms with van der Waals surface area (Å²) in [7, 11) is -2.97. The van der Waals surface area contributed by atoms with E-state index in [4.69, 9.17) is 0 Å². The third-order valence-corrected chi connectivity index (χ3v) is 5.11. The Bertz CT molecular complexity index is 658. The van der Waals surface area contributed by atoms with Crippen molar-refractivity contribution in [2.75, 3.05) is 38.2 Å². The average molecular weight is 384 g/mol. The second-order valence-corrected chi connectivity index (χ2v) is 9.67. The van der Waals surface area contributed by atoms with Crippen molar-refractivity contribution in [2.24, 2.45) is 10.4 Å². The monoisotopic (exact) mass is 383 g/mol. The summed E-state index contributed by atoms with van der Waals surface area (Å²) < 4.78 is 22.8. The Hall–Kier alpha value is -1.60. The van der Waals surface area contributed by atoms with Crippen LogP contribution in [0.4, 0.5) is 0 Å². The van der Waals surface area contributed by atoms with Crippen LogP contribution in [0.2, 0.25) is 0 Å². The third-order valence-electron chi connectivity index (χ3n) is 4.17. The van der Waals surface area contributed by atoms with E-state index in [9.17, 15) is 13.5 Å². The van der Waals surface area contributed by atoms with Gasteiger partial charge in [0.05, 0.1) is 12.4 Å². The van der Waals surface area contributed by atoms with Gasteiger partial charge in [-0.15, -0.1) is 0 Å². The Morgan fingerprint density at radius 3 is 2.42 bits per heavy atom. The lowest BCUT2D eigenvalue weighted by Gasteiger charge is -2.23. The smallest absolute Gasteiger partial charge is 0.191 e. The van der Waals surface area contributed by atoms with Crippen LogP contribution in [0.25, 0.3) is 0 Å². The fraction of sp³-hybridized carbons (Fsp3) is 0.632. The number of rotatable bonds is 10. The van der Waals surface area contributed by atoms with Gasteiger partial charge in [0.15, 0.2) is 5.96 Å². The number of aliphatic hydroxyl groups is 1. The summed E-state index contributed by atoms with van der Waals surface area (Å²) in [5.74, 6) is 0.827. The van der Waals surface area contributed by atoms with Crippen LogP contribution in [0, 0.1) is 5.41 Å². The molecular formula is C19H33N3O3S. The molecule has 3 N–H and O–H groups in total. The molecule has 0 heterocycles. The van der Waals surface area contributed by atoms with Gasteiger partial charge in [0.25, 0.3) is 0 Å². The summed E-state index contributed by atoms with van der Waals surface area (Å²) in [6.07, 6.45) is 1.83. The van der Waals surface area contributed by atoms with Crippen molar-refractivity contribution in [3.63, 3.8) is 0 Å². The summed E-state index contributed by atoms with van der Waals surface area (Å²) in [6, 6.07) is 9.88. The van der Waals surface area contributed by atoms with Crippen LogP contribution >= 0.6 is 0 Å². The molecule has 0 aliphatic heterocycles. The van der Waals surface area contributed by atoms with Crippen molar-refractivity contribution < 1.29 is 13.5 Å². The molecule has 0 saturated carbocycles. The Labute approximate surface area is 158 Å². The van der Waals surface area contributed by atoms with Crippen molar-refractivity contribution >= 4 is 15.8 Å². The molecule has 26 heavy (non-hydrogen) atoms. The average Bonchev–Trinajstić information content (AvgIpc) is 2.59. The highest BCUT2D eigenvalue weighted by atomic mass is 32.2. The third kappa shape index (κ3) is 9.20. The molecule has 1 unspecified atom stereocenters. The highest BCUT2D eigenvalue weighted by Gasteiger charge is 2.20. The Kier molecular flexibility index (Phi) is 9.08. The van der Waals surface area contributed by atoms with Crippen LogP contribution in [-0.2, 0) is 9.84 Å². The normalized spacial score (nSPS) is 14.1. The van der Waals surface area contributed by atoms with Crippen molar-refractivity contribution in [3.05, 3.63) is 35.9 Å². The second kappa shape index (κ2) is 10.5. The number of nitrogens with one attached hydrogen (secondary N) is 2. The van der Waals surface area contributed by atoms with E-state index in [1.54, 1.807) is 0 Å². The molecule has 7 heteroatoms. The van der Waals surface area contributed by atoms with Gasteiger partial charge in [-0.1, -0.05) is 44.2 Å². The van der Waals surface area contributed by atoms with E-state index in [0.717, 1.165) is 12.1 Å². The summed E-state index contributed by atoms with van der Waals surface area (Å²) >= 11 is 0. The summed E-state index contributed by atoms with van der Waals surface area (Å²) in [6.45, 7) is 7.90. The molecule has 1 rings (SSSR count). The molecule has 0 aromatic heterocycles.